The van der Waals surface area contributed by atoms with Crippen LogP contribution >= 0.6 is 0 Å². The third kappa shape index (κ3) is 1.88. The molecule has 0 heterocycles. The Hall–Kier alpha value is -0.670. The van der Waals surface area contributed by atoms with Gasteiger partial charge in [0.05, 0.1) is 0 Å². The largest absolute Gasteiger partial charge is 0.481 e. The normalized spacial score (nSPS) is 21.4. The van der Waals surface area contributed by atoms with Gasteiger partial charge in [-0.3, -0.25) is 4.79 Å². The van der Waals surface area contributed by atoms with Gasteiger partial charge in [0.2, 0.25) is 0 Å². The average Bonchev–Trinajstić information content (AvgIpc) is 2.42. The van der Waals surface area contributed by atoms with Gasteiger partial charge in [0.1, 0.15) is 5.92 Å². The highest BCUT2D eigenvalue weighted by Gasteiger charge is 2.49. The van der Waals surface area contributed by atoms with Gasteiger partial charge in [-0.15, -0.1) is 0 Å². The summed E-state index contributed by atoms with van der Waals surface area (Å²) in [7, 11) is 0. The Kier molecular flexibility index (Phi) is 1.86. The second-order valence-electron chi connectivity index (χ2n) is 3.11. The molecule has 0 radical (unpaired) electrons. The Morgan fingerprint density at radius 3 is 2.18 bits per heavy atom. The summed E-state index contributed by atoms with van der Waals surface area (Å²) in [5, 5.41) is 8.44. The maximum Gasteiger partial charge on any atom is 0.312 e. The number of aliphatic carboxylic acids is 1. The molecule has 0 bridgehead atoms. The van der Waals surface area contributed by atoms with Crippen LogP contribution < -0.4 is 0 Å². The highest BCUT2D eigenvalue weighted by Crippen LogP contribution is 2.44. The summed E-state index contributed by atoms with van der Waals surface area (Å²) in [6.07, 6.45) is 1.25. The molecule has 1 aliphatic rings. The fraction of sp³-hybridized carbons (Fsp3) is 0.857. The minimum absolute atomic E-state index is 0.299. The smallest absolute Gasteiger partial charge is 0.312 e. The number of carboxylic acid groups (broad SMARTS) is 1. The van der Waals surface area contributed by atoms with Crippen molar-refractivity contribution in [1.29, 1.82) is 0 Å². The molecule has 0 aromatic rings. The molecule has 11 heavy (non-hydrogen) atoms. The van der Waals surface area contributed by atoms with E-state index < -0.39 is 17.8 Å². The van der Waals surface area contributed by atoms with Gasteiger partial charge in [-0.25, -0.2) is 8.78 Å². The summed E-state index contributed by atoms with van der Waals surface area (Å²) in [6.45, 7) is 0.671. The Morgan fingerprint density at radius 1 is 1.64 bits per heavy atom. The third-order valence-corrected chi connectivity index (χ3v) is 1.91. The minimum Gasteiger partial charge on any atom is -0.481 e. The van der Waals surface area contributed by atoms with Gasteiger partial charge in [0, 0.05) is 6.92 Å². The van der Waals surface area contributed by atoms with E-state index in [1.54, 1.807) is 0 Å². The van der Waals surface area contributed by atoms with Crippen LogP contribution in [0, 0.1) is 11.8 Å². The molecule has 1 atom stereocenters. The van der Waals surface area contributed by atoms with Crippen LogP contribution in [0.4, 0.5) is 8.78 Å². The fourth-order valence-electron chi connectivity index (χ4n) is 1.26. The zero-order chi connectivity index (χ0) is 8.65. The number of hydrogen-bond acceptors (Lipinski definition) is 1. The lowest BCUT2D eigenvalue weighted by molar-refractivity contribution is -0.156. The molecule has 1 N–H and O–H groups in total. The van der Waals surface area contributed by atoms with Crippen molar-refractivity contribution in [3.8, 4) is 0 Å². The van der Waals surface area contributed by atoms with Gasteiger partial charge < -0.3 is 5.11 Å². The summed E-state index contributed by atoms with van der Waals surface area (Å²) in [6, 6.07) is 0. The Labute approximate surface area is 63.2 Å². The summed E-state index contributed by atoms with van der Waals surface area (Å²) in [5.74, 6) is -6.22. The van der Waals surface area contributed by atoms with Crippen molar-refractivity contribution >= 4 is 5.97 Å². The first-order valence-corrected chi connectivity index (χ1v) is 3.53. The molecule has 0 spiro atoms. The first-order chi connectivity index (χ1) is 4.93. The second-order valence-corrected chi connectivity index (χ2v) is 3.11. The molecule has 1 fully saturated rings. The lowest BCUT2D eigenvalue weighted by Crippen LogP contribution is -2.33. The van der Waals surface area contributed by atoms with Crippen molar-refractivity contribution in [2.45, 2.75) is 25.7 Å². The van der Waals surface area contributed by atoms with Gasteiger partial charge in [-0.1, -0.05) is 0 Å². The standard InChI is InChI=1S/C7H10F2O2/c1-7(8,9)5(6(10)11)4-2-3-4/h4-5H,2-3H2,1H3,(H,10,11). The maximum absolute atomic E-state index is 12.5. The topological polar surface area (TPSA) is 37.3 Å². The van der Waals surface area contributed by atoms with Gasteiger partial charge in [0.25, 0.3) is 5.92 Å². The van der Waals surface area contributed by atoms with E-state index in [-0.39, 0.29) is 5.92 Å². The third-order valence-electron chi connectivity index (χ3n) is 1.91. The highest BCUT2D eigenvalue weighted by atomic mass is 19.3. The predicted octanol–water partition coefficient (Wildman–Crippen LogP) is 1.75. The van der Waals surface area contributed by atoms with Crippen LogP contribution in [-0.2, 0) is 4.79 Å². The van der Waals surface area contributed by atoms with Crippen molar-refractivity contribution in [3.63, 3.8) is 0 Å². The van der Waals surface area contributed by atoms with E-state index in [1.807, 2.05) is 0 Å². The van der Waals surface area contributed by atoms with Crippen LogP contribution in [0.1, 0.15) is 19.8 Å². The molecule has 0 aliphatic heterocycles. The quantitative estimate of drug-likeness (QED) is 0.689. The molecule has 0 aromatic carbocycles. The van der Waals surface area contributed by atoms with Crippen LogP contribution in [0.5, 0.6) is 0 Å². The van der Waals surface area contributed by atoms with Gasteiger partial charge in [-0.2, -0.15) is 0 Å². The fourth-order valence-corrected chi connectivity index (χ4v) is 1.26. The first-order valence-electron chi connectivity index (χ1n) is 3.53. The first kappa shape index (κ1) is 8.43. The molecular weight excluding hydrogens is 154 g/mol. The van der Waals surface area contributed by atoms with E-state index in [0.717, 1.165) is 0 Å². The van der Waals surface area contributed by atoms with E-state index in [1.165, 1.54) is 0 Å². The Morgan fingerprint density at radius 2 is 2.09 bits per heavy atom. The highest BCUT2D eigenvalue weighted by molar-refractivity contribution is 5.72. The number of carboxylic acids is 1. The molecule has 2 nitrogen and oxygen atoms in total. The number of hydrogen-bond donors (Lipinski definition) is 1. The van der Waals surface area contributed by atoms with Gasteiger partial charge >= 0.3 is 5.97 Å². The number of halogens is 2. The van der Waals surface area contributed by atoms with Crippen LogP contribution in [-0.4, -0.2) is 17.0 Å². The van der Waals surface area contributed by atoms with E-state index in [9.17, 15) is 13.6 Å². The molecule has 0 amide bonds. The lowest BCUT2D eigenvalue weighted by Gasteiger charge is -2.18. The molecule has 4 heteroatoms. The SMILES string of the molecule is CC(F)(F)C(C(=O)O)C1CC1. The minimum atomic E-state index is -3.08. The Balaban J connectivity index is 2.66. The molecule has 0 aromatic heterocycles. The van der Waals surface area contributed by atoms with E-state index >= 15 is 0 Å². The van der Waals surface area contributed by atoms with Crippen molar-refractivity contribution in [1.82, 2.24) is 0 Å². The summed E-state index contributed by atoms with van der Waals surface area (Å²) in [5.41, 5.74) is 0. The van der Waals surface area contributed by atoms with Crippen molar-refractivity contribution in [2.24, 2.45) is 11.8 Å². The molecule has 1 aliphatic carbocycles. The van der Waals surface area contributed by atoms with E-state index in [2.05, 4.69) is 0 Å². The second kappa shape index (κ2) is 2.43. The lowest BCUT2D eigenvalue weighted by atomic mass is 9.97. The number of alkyl halides is 2. The monoisotopic (exact) mass is 164 g/mol. The van der Waals surface area contributed by atoms with Crippen molar-refractivity contribution < 1.29 is 18.7 Å². The average molecular weight is 164 g/mol. The number of carbonyl (C=O) groups is 1. The van der Waals surface area contributed by atoms with Gasteiger partial charge in [-0.05, 0) is 18.8 Å². The molecule has 64 valence electrons. The van der Waals surface area contributed by atoms with Crippen LogP contribution in [0.2, 0.25) is 0 Å². The molecule has 0 saturated heterocycles. The van der Waals surface area contributed by atoms with Crippen LogP contribution in [0.3, 0.4) is 0 Å². The zero-order valence-corrected chi connectivity index (χ0v) is 6.18. The molecule has 1 rings (SSSR count). The van der Waals surface area contributed by atoms with Crippen LogP contribution in [0.25, 0.3) is 0 Å². The van der Waals surface area contributed by atoms with Crippen molar-refractivity contribution in [2.75, 3.05) is 0 Å². The molecular formula is C7H10F2O2. The molecule has 1 unspecified atom stereocenters. The van der Waals surface area contributed by atoms with Crippen molar-refractivity contribution in [3.05, 3.63) is 0 Å². The predicted molar refractivity (Wildman–Crippen MR) is 34.5 cm³/mol. The summed E-state index contributed by atoms with van der Waals surface area (Å²) >= 11 is 0. The summed E-state index contributed by atoms with van der Waals surface area (Å²) < 4.78 is 25.1. The van der Waals surface area contributed by atoms with E-state index in [4.69, 9.17) is 5.11 Å². The molecule has 1 saturated carbocycles. The number of rotatable bonds is 3. The van der Waals surface area contributed by atoms with E-state index in [0.29, 0.717) is 19.8 Å². The summed E-state index contributed by atoms with van der Waals surface area (Å²) in [4.78, 5) is 10.3. The Bertz CT molecular complexity index is 170. The van der Waals surface area contributed by atoms with Gasteiger partial charge in [0.15, 0.2) is 0 Å². The maximum atomic E-state index is 12.5. The zero-order valence-electron chi connectivity index (χ0n) is 6.18. The van der Waals surface area contributed by atoms with Crippen LogP contribution in [0.15, 0.2) is 0 Å².